The molecule has 10 rings (SSSR count). The van der Waals surface area contributed by atoms with Gasteiger partial charge in [0.2, 0.25) is 0 Å². The topological polar surface area (TPSA) is 23.5 Å². The summed E-state index contributed by atoms with van der Waals surface area (Å²) in [7, 11) is 4.75. The number of rotatable bonds is 2. The minimum absolute atomic E-state index is 0.619. The van der Waals surface area contributed by atoms with Crippen molar-refractivity contribution in [3.05, 3.63) is 0 Å². The summed E-state index contributed by atoms with van der Waals surface area (Å²) in [6, 6.07) is 0. The van der Waals surface area contributed by atoms with Crippen molar-refractivity contribution in [1.29, 1.82) is 0 Å². The van der Waals surface area contributed by atoms with Crippen molar-refractivity contribution < 1.29 is 11.6 Å². The zero-order valence-electron chi connectivity index (χ0n) is 9.57. The second-order valence-corrected chi connectivity index (χ2v) is 34.2. The van der Waals surface area contributed by atoms with Gasteiger partial charge >= 0.3 is 84.5 Å². The van der Waals surface area contributed by atoms with Gasteiger partial charge in [0.1, 0.15) is 0 Å². The fraction of sp³-hybridized carbons (Fsp3) is 1.00. The van der Waals surface area contributed by atoms with Gasteiger partial charge in [0.05, 0.1) is 0 Å². The molecule has 5 atom stereocenters. The maximum absolute atomic E-state index is 10.3. The van der Waals surface area contributed by atoms with Crippen molar-refractivity contribution in [3.63, 3.8) is 0 Å². The molecule has 0 radical (unpaired) electrons. The van der Waals surface area contributed by atoms with Gasteiger partial charge in [-0.15, -0.1) is 0 Å². The molecule has 16 heavy (non-hydrogen) atoms. The Morgan fingerprint density at radius 3 is 1.75 bits per heavy atom. The van der Waals surface area contributed by atoms with Crippen LogP contribution >= 0.6 is 0 Å². The van der Waals surface area contributed by atoms with E-state index in [1.54, 1.807) is 0 Å². The van der Waals surface area contributed by atoms with Gasteiger partial charge in [0.25, 0.3) is 0 Å². The van der Waals surface area contributed by atoms with Crippen LogP contribution < -0.4 is 0 Å². The molecule has 0 amide bonds. The second-order valence-electron chi connectivity index (χ2n) is 10.9. The van der Waals surface area contributed by atoms with Crippen molar-refractivity contribution >= 4 is 0 Å². The Bertz CT molecular complexity index is 938. The summed E-state index contributed by atoms with van der Waals surface area (Å²) in [6.07, 6.45) is 0. The average Bonchev–Trinajstić information content (AvgIpc) is 3.21. The number of nitrogens with zero attached hydrogens (tertiary/aromatic N) is 1. The van der Waals surface area contributed by atoms with E-state index < -0.39 is 6.51 Å². The molecular weight excluding hydrogens is 242 g/mol. The molecule has 0 aromatic heterocycles. The molecule has 88 valence electrons. The van der Waals surface area contributed by atoms with E-state index in [-0.39, 0.29) is 0 Å². The quantitative estimate of drug-likeness (QED) is 0.768. The van der Waals surface area contributed by atoms with Crippen molar-refractivity contribution in [2.45, 2.75) is 47.3 Å². The van der Waals surface area contributed by atoms with E-state index in [9.17, 15) is 5.11 Å². The molecule has 1 spiro atoms. The van der Waals surface area contributed by atoms with Crippen LogP contribution in [0, 0.1) is 0 Å². The van der Waals surface area contributed by atoms with Crippen molar-refractivity contribution in [3.8, 4) is 0 Å². The number of fused-ring (bicyclic) bond motifs is 10. The first-order chi connectivity index (χ1) is 7.44. The van der Waals surface area contributed by atoms with Crippen LogP contribution in [0.25, 0.3) is 0 Å². The number of aliphatic hydroxyl groups excluding tert-OH is 1. The Hall–Kier alpha value is 0.439. The van der Waals surface area contributed by atoms with Gasteiger partial charge in [-0.05, 0) is 0 Å². The summed E-state index contributed by atoms with van der Waals surface area (Å²) in [5.74, 6) is 0. The summed E-state index contributed by atoms with van der Waals surface area (Å²) in [5, 5.41) is 10.3. The number of hydrogen-bond donors (Lipinski definition) is 1. The standard InChI is InChI=1S/C8H12NO.C5H5.Fe/c1-9(2)8-5-3-4-7(8)6-10;1-2-4-5-3-1;/h3-5,10H,6H2,1-2H3;1-5H;. The van der Waals surface area contributed by atoms with Gasteiger partial charge < -0.3 is 0 Å². The maximum atomic E-state index is 10.3. The minimum atomic E-state index is -3.13. The molecule has 10 saturated heterocycles. The van der Waals surface area contributed by atoms with Crippen molar-refractivity contribution in [2.75, 3.05) is 20.7 Å². The predicted molar refractivity (Wildman–Crippen MR) is 56.2 cm³/mol. The Balaban J connectivity index is 1.82. The summed E-state index contributed by atoms with van der Waals surface area (Å²) in [6.45, 7) is -2.51. The Labute approximate surface area is 84.7 Å². The van der Waals surface area contributed by atoms with Crippen LogP contribution in [0.4, 0.5) is 0 Å². The number of hydrogen-bond acceptors (Lipinski definition) is 2. The van der Waals surface area contributed by atoms with Crippen LogP contribution in [0.3, 0.4) is 0 Å². The van der Waals surface area contributed by atoms with Crippen LogP contribution in [0.15, 0.2) is 0 Å². The Morgan fingerprint density at radius 1 is 1.00 bits per heavy atom. The van der Waals surface area contributed by atoms with Gasteiger partial charge in [0.15, 0.2) is 0 Å². The predicted octanol–water partition coefficient (Wildman–Crippen LogP) is 2.21. The molecule has 10 heterocycles. The third kappa shape index (κ3) is 0.0467. The molecular formula is C13H17FeNO. The van der Waals surface area contributed by atoms with Gasteiger partial charge in [-0.3, -0.25) is 0 Å². The zero-order valence-corrected chi connectivity index (χ0v) is 10.7. The van der Waals surface area contributed by atoms with E-state index in [4.69, 9.17) is 0 Å². The van der Waals surface area contributed by atoms with Gasteiger partial charge in [0, 0.05) is 0 Å². The van der Waals surface area contributed by atoms with Gasteiger partial charge in [-0.2, -0.15) is 0 Å². The molecule has 0 bridgehead atoms. The average molecular weight is 259 g/mol. The molecule has 5 unspecified atom stereocenters. The van der Waals surface area contributed by atoms with Crippen LogP contribution in [0.1, 0.15) is 0 Å². The summed E-state index contributed by atoms with van der Waals surface area (Å²) < 4.78 is 1.36. The van der Waals surface area contributed by atoms with Crippen molar-refractivity contribution in [1.82, 2.24) is 4.90 Å². The van der Waals surface area contributed by atoms with E-state index in [1.165, 1.54) is 38.5 Å². The van der Waals surface area contributed by atoms with E-state index in [1.807, 2.05) is 0 Å². The van der Waals surface area contributed by atoms with Crippen LogP contribution in [-0.4, -0.2) is 35.1 Å². The normalized spacial score (nSPS) is 131. The van der Waals surface area contributed by atoms with Gasteiger partial charge in [-0.25, -0.2) is 0 Å². The SMILES string of the molecule is CN(C)[C]12[CH]3[CH]4[CH]5[C]1(CO)[Fe]45321678[CH]2[CH]1[CH]6[CH]7[CH]28. The zero-order chi connectivity index (χ0) is 10.2. The molecule has 2 nitrogen and oxygen atoms in total. The first-order valence-corrected chi connectivity index (χ1v) is 13.1. The van der Waals surface area contributed by atoms with E-state index in [0.717, 1.165) is 4.44 Å². The number of aliphatic hydroxyl groups is 1. The Kier molecular flexibility index (Phi) is 0.167. The molecule has 1 N–H and O–H groups in total. The summed E-state index contributed by atoms with van der Waals surface area (Å²) >= 11 is 0. The molecule has 0 aliphatic carbocycles. The molecule has 10 aliphatic heterocycles. The molecule has 10 fully saturated rings. The first-order valence-electron chi connectivity index (χ1n) is 6.94. The van der Waals surface area contributed by atoms with Crippen LogP contribution in [-0.2, 0) is 6.51 Å². The monoisotopic (exact) mass is 259 g/mol. The van der Waals surface area contributed by atoms with E-state index in [2.05, 4.69) is 19.0 Å². The van der Waals surface area contributed by atoms with Crippen LogP contribution in [0.2, 0.25) is 42.8 Å². The van der Waals surface area contributed by atoms with E-state index in [0.29, 0.717) is 10.9 Å². The molecule has 0 aromatic carbocycles. The molecule has 0 aromatic rings. The third-order valence-corrected chi connectivity index (χ3v) is 59.4. The molecule has 10 aliphatic rings. The summed E-state index contributed by atoms with van der Waals surface area (Å²) in [4.78, 5) is 13.1. The Morgan fingerprint density at radius 2 is 1.56 bits per heavy atom. The van der Waals surface area contributed by atoms with Crippen LogP contribution in [0.5, 0.6) is 0 Å². The third-order valence-electron chi connectivity index (χ3n) is 16.0. The molecule has 3 heteroatoms. The fourth-order valence-electron chi connectivity index (χ4n) is 18.7. The second kappa shape index (κ2) is 0.441. The molecule has 0 saturated carbocycles. The van der Waals surface area contributed by atoms with E-state index >= 15 is 0 Å². The first kappa shape index (κ1) is 6.06. The van der Waals surface area contributed by atoms with Crippen molar-refractivity contribution in [2.24, 2.45) is 0 Å². The summed E-state index contributed by atoms with van der Waals surface area (Å²) in [5.41, 5.74) is 0. The van der Waals surface area contributed by atoms with Gasteiger partial charge in [-0.1, -0.05) is 0 Å². The fourth-order valence-corrected chi connectivity index (χ4v) is 95.7.